The Balaban J connectivity index is 2.54. The van der Waals surface area contributed by atoms with Crippen LogP contribution in [0, 0.1) is 22.7 Å². The van der Waals surface area contributed by atoms with Crippen LogP contribution in [-0.2, 0) is 0 Å². The summed E-state index contributed by atoms with van der Waals surface area (Å²) in [6.45, 7) is 9.75. The number of hydrogen-bond acceptors (Lipinski definition) is 4. The van der Waals surface area contributed by atoms with Crippen LogP contribution in [0.4, 0.5) is 5.13 Å². The van der Waals surface area contributed by atoms with Crippen LogP contribution in [0.1, 0.15) is 32.6 Å². The molecule has 0 radical (unpaired) electrons. The van der Waals surface area contributed by atoms with Gasteiger partial charge in [-0.25, -0.2) is 4.98 Å². The van der Waals surface area contributed by atoms with Crippen LogP contribution >= 0.6 is 11.3 Å². The Bertz CT molecular complexity index is 360. The molecule has 82 valence electrons. The van der Waals surface area contributed by atoms with Gasteiger partial charge in [0.15, 0.2) is 5.13 Å². The first kappa shape index (κ1) is 12.0. The van der Waals surface area contributed by atoms with Gasteiger partial charge in [-0.1, -0.05) is 39.0 Å². The van der Waals surface area contributed by atoms with Crippen molar-refractivity contribution in [2.24, 2.45) is 11.3 Å². The topological polar surface area (TPSA) is 48.7 Å². The van der Waals surface area contributed by atoms with Gasteiger partial charge < -0.3 is 5.32 Å². The standard InChI is InChI=1S/C11H17N3S/c1-8(2)11(3,4)7-14-10-13-6-9(5-12)15-10/h6,8H,7H2,1-4H3,(H,13,14). The summed E-state index contributed by atoms with van der Waals surface area (Å²) in [5, 5.41) is 12.8. The van der Waals surface area contributed by atoms with E-state index >= 15 is 0 Å². The molecule has 1 rings (SSSR count). The first-order valence-electron chi connectivity index (χ1n) is 5.05. The van der Waals surface area contributed by atoms with Crippen molar-refractivity contribution in [3.05, 3.63) is 11.1 Å². The van der Waals surface area contributed by atoms with Crippen molar-refractivity contribution in [1.82, 2.24) is 4.98 Å². The van der Waals surface area contributed by atoms with Gasteiger partial charge in [0.05, 0.1) is 6.20 Å². The molecule has 4 heteroatoms. The van der Waals surface area contributed by atoms with Crippen molar-refractivity contribution in [3.8, 4) is 6.07 Å². The van der Waals surface area contributed by atoms with E-state index in [2.05, 4.69) is 44.1 Å². The van der Waals surface area contributed by atoms with E-state index < -0.39 is 0 Å². The SMILES string of the molecule is CC(C)C(C)(C)CNc1ncc(C#N)s1. The fourth-order valence-corrected chi connectivity index (χ4v) is 1.52. The van der Waals surface area contributed by atoms with Gasteiger partial charge in [-0.15, -0.1) is 0 Å². The minimum absolute atomic E-state index is 0.235. The highest BCUT2D eigenvalue weighted by Gasteiger charge is 2.22. The van der Waals surface area contributed by atoms with Crippen molar-refractivity contribution in [2.75, 3.05) is 11.9 Å². The third-order valence-corrected chi connectivity index (χ3v) is 3.73. The van der Waals surface area contributed by atoms with Crippen LogP contribution in [-0.4, -0.2) is 11.5 Å². The van der Waals surface area contributed by atoms with Crippen LogP contribution in [0.5, 0.6) is 0 Å². The van der Waals surface area contributed by atoms with Gasteiger partial charge in [0.1, 0.15) is 10.9 Å². The molecule has 1 heterocycles. The van der Waals surface area contributed by atoms with Gasteiger partial charge in [0.2, 0.25) is 0 Å². The molecule has 3 nitrogen and oxygen atoms in total. The third-order valence-electron chi connectivity index (χ3n) is 2.87. The number of aromatic nitrogens is 1. The van der Waals surface area contributed by atoms with Gasteiger partial charge in [-0.05, 0) is 11.3 Å². The van der Waals surface area contributed by atoms with E-state index in [0.29, 0.717) is 10.8 Å². The lowest BCUT2D eigenvalue weighted by Gasteiger charge is -2.29. The summed E-state index contributed by atoms with van der Waals surface area (Å²) in [5.41, 5.74) is 0.235. The number of nitrogens with one attached hydrogen (secondary N) is 1. The molecule has 1 aromatic heterocycles. The Labute approximate surface area is 95.2 Å². The van der Waals surface area contributed by atoms with Gasteiger partial charge >= 0.3 is 0 Å². The predicted molar refractivity (Wildman–Crippen MR) is 63.9 cm³/mol. The number of rotatable bonds is 4. The molecule has 0 saturated carbocycles. The molecule has 0 spiro atoms. The highest BCUT2D eigenvalue weighted by molar-refractivity contribution is 7.16. The van der Waals surface area contributed by atoms with Gasteiger partial charge in [0, 0.05) is 6.54 Å². The monoisotopic (exact) mass is 223 g/mol. The van der Waals surface area contributed by atoms with Crippen LogP contribution in [0.25, 0.3) is 0 Å². The molecule has 0 aliphatic heterocycles. The molecule has 0 amide bonds. The van der Waals surface area contributed by atoms with Crippen LogP contribution in [0.3, 0.4) is 0 Å². The fraction of sp³-hybridized carbons (Fsp3) is 0.636. The molecule has 0 aliphatic rings. The quantitative estimate of drug-likeness (QED) is 0.853. The molecule has 1 aromatic rings. The molecule has 1 N–H and O–H groups in total. The maximum atomic E-state index is 8.66. The Morgan fingerprint density at radius 2 is 2.27 bits per heavy atom. The largest absolute Gasteiger partial charge is 0.361 e. The number of anilines is 1. The average molecular weight is 223 g/mol. The van der Waals surface area contributed by atoms with Crippen molar-refractivity contribution in [2.45, 2.75) is 27.7 Å². The van der Waals surface area contributed by atoms with Crippen LogP contribution in [0.2, 0.25) is 0 Å². The van der Waals surface area contributed by atoms with E-state index in [4.69, 9.17) is 5.26 Å². The molecule has 0 atom stereocenters. The molecule has 0 unspecified atom stereocenters. The normalized spacial score (nSPS) is 11.5. The van der Waals surface area contributed by atoms with E-state index in [1.165, 1.54) is 11.3 Å². The third kappa shape index (κ3) is 3.21. The lowest BCUT2D eigenvalue weighted by atomic mass is 9.81. The van der Waals surface area contributed by atoms with Gasteiger partial charge in [0.25, 0.3) is 0 Å². The van der Waals surface area contributed by atoms with Gasteiger partial charge in [-0.3, -0.25) is 0 Å². The van der Waals surface area contributed by atoms with Crippen molar-refractivity contribution >= 4 is 16.5 Å². The Hall–Kier alpha value is -1.08. The summed E-state index contributed by atoms with van der Waals surface area (Å²) in [6, 6.07) is 2.08. The zero-order valence-electron chi connectivity index (χ0n) is 9.66. The lowest BCUT2D eigenvalue weighted by Crippen LogP contribution is -2.28. The molecule has 0 fully saturated rings. The average Bonchev–Trinajstić information content (AvgIpc) is 2.62. The molecule has 15 heavy (non-hydrogen) atoms. The number of thiazole rings is 1. The summed E-state index contributed by atoms with van der Waals surface area (Å²) < 4.78 is 0. The second-order valence-corrected chi connectivity index (χ2v) is 5.67. The van der Waals surface area contributed by atoms with Gasteiger partial charge in [-0.2, -0.15) is 5.26 Å². The first-order chi connectivity index (χ1) is 6.95. The molecule has 0 saturated heterocycles. The van der Waals surface area contributed by atoms with E-state index in [9.17, 15) is 0 Å². The van der Waals surface area contributed by atoms with Crippen molar-refractivity contribution < 1.29 is 0 Å². The van der Waals surface area contributed by atoms with E-state index in [1.807, 2.05) is 0 Å². The van der Waals surface area contributed by atoms with E-state index in [-0.39, 0.29) is 5.41 Å². The summed E-state index contributed by atoms with van der Waals surface area (Å²) in [7, 11) is 0. The van der Waals surface area contributed by atoms with Crippen molar-refractivity contribution in [1.29, 1.82) is 5.26 Å². The molecule has 0 bridgehead atoms. The Morgan fingerprint density at radius 3 is 2.73 bits per heavy atom. The maximum Gasteiger partial charge on any atom is 0.183 e. The summed E-state index contributed by atoms with van der Waals surface area (Å²) in [5.74, 6) is 0.611. The minimum Gasteiger partial charge on any atom is -0.361 e. The molecular formula is C11H17N3S. The van der Waals surface area contributed by atoms with Crippen LogP contribution in [0.15, 0.2) is 6.20 Å². The number of nitrogens with zero attached hydrogens (tertiary/aromatic N) is 2. The number of hydrogen-bond donors (Lipinski definition) is 1. The highest BCUT2D eigenvalue weighted by atomic mass is 32.1. The molecular weight excluding hydrogens is 206 g/mol. The zero-order valence-corrected chi connectivity index (χ0v) is 10.5. The maximum absolute atomic E-state index is 8.66. The lowest BCUT2D eigenvalue weighted by molar-refractivity contribution is 0.269. The Morgan fingerprint density at radius 1 is 1.60 bits per heavy atom. The van der Waals surface area contributed by atoms with E-state index in [1.54, 1.807) is 6.20 Å². The zero-order chi connectivity index (χ0) is 11.5. The summed E-state index contributed by atoms with van der Waals surface area (Å²) >= 11 is 1.40. The van der Waals surface area contributed by atoms with E-state index in [0.717, 1.165) is 11.7 Å². The molecule has 0 aromatic carbocycles. The second-order valence-electron chi connectivity index (χ2n) is 4.64. The fourth-order valence-electron chi connectivity index (χ4n) is 0.915. The first-order valence-corrected chi connectivity index (χ1v) is 5.87. The minimum atomic E-state index is 0.235. The summed E-state index contributed by atoms with van der Waals surface area (Å²) in [4.78, 5) is 4.79. The van der Waals surface area contributed by atoms with Crippen LogP contribution < -0.4 is 5.32 Å². The predicted octanol–water partition coefficient (Wildman–Crippen LogP) is 3.11. The van der Waals surface area contributed by atoms with Crippen molar-refractivity contribution in [3.63, 3.8) is 0 Å². The molecule has 0 aliphatic carbocycles. The Kier molecular flexibility index (Phi) is 3.70. The highest BCUT2D eigenvalue weighted by Crippen LogP contribution is 2.27. The number of nitriles is 1. The smallest absolute Gasteiger partial charge is 0.183 e. The summed E-state index contributed by atoms with van der Waals surface area (Å²) in [6.07, 6.45) is 1.61. The second kappa shape index (κ2) is 4.63.